The minimum atomic E-state index is -0.610. The predicted octanol–water partition coefficient (Wildman–Crippen LogP) is 4.34. The number of nitrogens with one attached hydrogen (secondary N) is 1. The third-order valence-corrected chi connectivity index (χ3v) is 5.66. The smallest absolute Gasteiger partial charge is 0.280 e. The summed E-state index contributed by atoms with van der Waals surface area (Å²) < 4.78 is 5.73. The molecule has 2 saturated carbocycles. The molecule has 5 heteroatoms. The molecule has 130 valence electrons. The van der Waals surface area contributed by atoms with Crippen molar-refractivity contribution in [3.8, 4) is 5.75 Å². The van der Waals surface area contributed by atoms with Gasteiger partial charge >= 0.3 is 0 Å². The highest BCUT2D eigenvalue weighted by atomic mass is 35.5. The monoisotopic (exact) mass is 348 g/mol. The molecule has 24 heavy (non-hydrogen) atoms. The number of carbonyl (C=O) groups is 1. The molecule has 1 aromatic carbocycles. The maximum atomic E-state index is 12.2. The van der Waals surface area contributed by atoms with Crippen LogP contribution in [0.15, 0.2) is 23.3 Å². The molecule has 4 atom stereocenters. The van der Waals surface area contributed by atoms with Gasteiger partial charge in [0, 0.05) is 16.7 Å². The van der Waals surface area contributed by atoms with Crippen molar-refractivity contribution >= 4 is 23.2 Å². The van der Waals surface area contributed by atoms with Gasteiger partial charge in [-0.05, 0) is 75.6 Å². The Kier molecular flexibility index (Phi) is 5.14. The lowest BCUT2D eigenvalue weighted by molar-refractivity contribution is -0.127. The number of amides is 1. The number of benzene rings is 1. The van der Waals surface area contributed by atoms with E-state index in [1.165, 1.54) is 25.7 Å². The van der Waals surface area contributed by atoms with E-state index < -0.39 is 6.10 Å². The number of ether oxygens (including phenoxy) is 1. The van der Waals surface area contributed by atoms with Crippen molar-refractivity contribution < 1.29 is 9.53 Å². The normalized spacial score (nSPS) is 27.2. The third kappa shape index (κ3) is 3.75. The highest BCUT2D eigenvalue weighted by Crippen LogP contribution is 2.48. The lowest BCUT2D eigenvalue weighted by Crippen LogP contribution is -2.34. The van der Waals surface area contributed by atoms with Gasteiger partial charge in [0.2, 0.25) is 0 Å². The summed E-state index contributed by atoms with van der Waals surface area (Å²) in [6, 6.07) is 5.36. The first-order valence-electron chi connectivity index (χ1n) is 8.71. The number of hydrogen-bond acceptors (Lipinski definition) is 3. The summed E-state index contributed by atoms with van der Waals surface area (Å²) in [5, 5.41) is 5.00. The molecule has 0 heterocycles. The van der Waals surface area contributed by atoms with Gasteiger partial charge in [-0.15, -0.1) is 0 Å². The molecule has 1 N–H and O–H groups in total. The van der Waals surface area contributed by atoms with Crippen molar-refractivity contribution in [3.05, 3.63) is 28.8 Å². The zero-order valence-electron chi connectivity index (χ0n) is 14.5. The fourth-order valence-corrected chi connectivity index (χ4v) is 4.29. The maximum Gasteiger partial charge on any atom is 0.280 e. The van der Waals surface area contributed by atoms with Gasteiger partial charge in [-0.2, -0.15) is 5.10 Å². The van der Waals surface area contributed by atoms with Gasteiger partial charge < -0.3 is 4.74 Å². The van der Waals surface area contributed by atoms with E-state index in [9.17, 15) is 4.79 Å². The Morgan fingerprint density at radius 1 is 1.38 bits per heavy atom. The van der Waals surface area contributed by atoms with Crippen LogP contribution in [0.3, 0.4) is 0 Å². The molecular formula is C19H25ClN2O2. The van der Waals surface area contributed by atoms with Crippen LogP contribution >= 0.6 is 11.6 Å². The van der Waals surface area contributed by atoms with Crippen molar-refractivity contribution in [3.63, 3.8) is 0 Å². The summed E-state index contributed by atoms with van der Waals surface area (Å²) in [4.78, 5) is 12.2. The van der Waals surface area contributed by atoms with E-state index >= 15 is 0 Å². The number of fused-ring (bicyclic) bond motifs is 2. The fraction of sp³-hybridized carbons (Fsp3) is 0.579. The van der Waals surface area contributed by atoms with E-state index in [1.54, 1.807) is 19.1 Å². The SMILES string of the molecule is C/C(=N/NC(=O)[C@H](C)Oc1ccc(Cl)cc1C)[C@@H]1C[C@H]2CC[C@H]1C2. The first-order chi connectivity index (χ1) is 11.4. The highest BCUT2D eigenvalue weighted by molar-refractivity contribution is 6.30. The molecule has 1 amide bonds. The molecule has 4 nitrogen and oxygen atoms in total. The molecular weight excluding hydrogens is 324 g/mol. The Morgan fingerprint density at radius 2 is 2.17 bits per heavy atom. The summed E-state index contributed by atoms with van der Waals surface area (Å²) in [6.45, 7) is 5.66. The van der Waals surface area contributed by atoms with Gasteiger partial charge in [-0.1, -0.05) is 18.0 Å². The molecule has 2 fully saturated rings. The average molecular weight is 349 g/mol. The van der Waals surface area contributed by atoms with Gasteiger partial charge in [0.15, 0.2) is 6.10 Å². The number of halogens is 1. The standard InChI is InChI=1S/C19H25ClN2O2/c1-11-8-16(20)6-7-18(11)24-13(3)19(23)22-21-12(2)17-10-14-4-5-15(17)9-14/h6-8,13-15,17H,4-5,9-10H2,1-3H3,(H,22,23)/b21-12-/t13-,14-,15-,17-/m0/s1. The molecule has 0 aliphatic heterocycles. The van der Waals surface area contributed by atoms with Crippen LogP contribution in [0.2, 0.25) is 5.02 Å². The Labute approximate surface area is 148 Å². The number of carbonyl (C=O) groups excluding carboxylic acids is 1. The molecule has 2 aliphatic carbocycles. The largest absolute Gasteiger partial charge is 0.481 e. The molecule has 0 spiro atoms. The van der Waals surface area contributed by atoms with Gasteiger partial charge in [0.25, 0.3) is 5.91 Å². The van der Waals surface area contributed by atoms with Crippen LogP contribution in [0.4, 0.5) is 0 Å². The minimum absolute atomic E-state index is 0.230. The van der Waals surface area contributed by atoms with Crippen molar-refractivity contribution in [1.82, 2.24) is 5.43 Å². The van der Waals surface area contributed by atoms with Crippen LogP contribution in [0.25, 0.3) is 0 Å². The highest BCUT2D eigenvalue weighted by Gasteiger charge is 2.40. The Balaban J connectivity index is 1.55. The first-order valence-corrected chi connectivity index (χ1v) is 9.08. The molecule has 2 bridgehead atoms. The number of hydrogen-bond donors (Lipinski definition) is 1. The van der Waals surface area contributed by atoms with E-state index in [0.29, 0.717) is 16.7 Å². The number of rotatable bonds is 5. The van der Waals surface area contributed by atoms with Gasteiger partial charge in [0.1, 0.15) is 5.75 Å². The summed E-state index contributed by atoms with van der Waals surface area (Å²) in [5.41, 5.74) is 4.62. The Morgan fingerprint density at radius 3 is 2.79 bits per heavy atom. The Bertz CT molecular complexity index is 659. The van der Waals surface area contributed by atoms with Crippen molar-refractivity contribution in [2.75, 3.05) is 0 Å². The van der Waals surface area contributed by atoms with Crippen molar-refractivity contribution in [1.29, 1.82) is 0 Å². The topological polar surface area (TPSA) is 50.7 Å². The van der Waals surface area contributed by atoms with E-state index in [-0.39, 0.29) is 5.91 Å². The lowest BCUT2D eigenvalue weighted by atomic mass is 9.86. The first kappa shape index (κ1) is 17.3. The number of hydrazone groups is 1. The van der Waals surface area contributed by atoms with Crippen LogP contribution in [0.5, 0.6) is 5.75 Å². The van der Waals surface area contributed by atoms with Crippen LogP contribution < -0.4 is 10.2 Å². The minimum Gasteiger partial charge on any atom is -0.481 e. The van der Waals surface area contributed by atoms with Gasteiger partial charge in [-0.25, -0.2) is 5.43 Å². The number of nitrogens with zero attached hydrogens (tertiary/aromatic N) is 1. The third-order valence-electron chi connectivity index (χ3n) is 5.43. The zero-order valence-corrected chi connectivity index (χ0v) is 15.3. The second-order valence-electron chi connectivity index (χ2n) is 7.18. The lowest BCUT2D eigenvalue weighted by Gasteiger charge is -2.21. The van der Waals surface area contributed by atoms with Gasteiger partial charge in [-0.3, -0.25) is 4.79 Å². The Hall–Kier alpha value is -1.55. The van der Waals surface area contributed by atoms with Crippen LogP contribution in [-0.4, -0.2) is 17.7 Å². The average Bonchev–Trinajstić information content (AvgIpc) is 3.17. The molecule has 2 aliphatic rings. The van der Waals surface area contributed by atoms with E-state index in [0.717, 1.165) is 23.1 Å². The van der Waals surface area contributed by atoms with Crippen LogP contribution in [-0.2, 0) is 4.79 Å². The molecule has 0 aromatic heterocycles. The quantitative estimate of drug-likeness (QED) is 0.635. The molecule has 0 radical (unpaired) electrons. The summed E-state index contributed by atoms with van der Waals surface area (Å²) in [5.74, 6) is 2.61. The van der Waals surface area contributed by atoms with E-state index in [4.69, 9.17) is 16.3 Å². The van der Waals surface area contributed by atoms with E-state index in [1.807, 2.05) is 19.9 Å². The summed E-state index contributed by atoms with van der Waals surface area (Å²) in [6.07, 6.45) is 4.63. The van der Waals surface area contributed by atoms with Gasteiger partial charge in [0.05, 0.1) is 0 Å². The maximum absolute atomic E-state index is 12.2. The summed E-state index contributed by atoms with van der Waals surface area (Å²) in [7, 11) is 0. The summed E-state index contributed by atoms with van der Waals surface area (Å²) >= 11 is 5.94. The van der Waals surface area contributed by atoms with Crippen LogP contribution in [0, 0.1) is 24.7 Å². The molecule has 3 rings (SSSR count). The second kappa shape index (κ2) is 7.14. The molecule has 0 saturated heterocycles. The molecule has 0 unspecified atom stereocenters. The predicted molar refractivity (Wildman–Crippen MR) is 96.5 cm³/mol. The van der Waals surface area contributed by atoms with Crippen molar-refractivity contribution in [2.45, 2.75) is 52.6 Å². The van der Waals surface area contributed by atoms with Crippen LogP contribution in [0.1, 0.15) is 45.1 Å². The molecule has 1 aromatic rings. The number of aryl methyl sites for hydroxylation is 1. The van der Waals surface area contributed by atoms with E-state index in [2.05, 4.69) is 10.5 Å². The van der Waals surface area contributed by atoms with Crippen molar-refractivity contribution in [2.24, 2.45) is 22.9 Å². The zero-order chi connectivity index (χ0) is 17.3. The second-order valence-corrected chi connectivity index (χ2v) is 7.62. The fourth-order valence-electron chi connectivity index (χ4n) is 4.06.